The minimum Gasteiger partial charge on any atom is -0.462 e. The molecule has 4 nitrogen and oxygen atoms in total. The largest absolute Gasteiger partial charge is 0.462 e. The molecule has 3 N–H and O–H groups in total. The third-order valence-corrected chi connectivity index (χ3v) is 4.91. The van der Waals surface area contributed by atoms with Crippen LogP contribution in [0.25, 0.3) is 0 Å². The number of nitrogen functional groups attached to an aromatic ring is 1. The van der Waals surface area contributed by atoms with E-state index >= 15 is 0 Å². The lowest BCUT2D eigenvalue weighted by Gasteiger charge is -2.35. The Bertz CT molecular complexity index is 461. The Morgan fingerprint density at radius 3 is 2.88 bits per heavy atom. The summed E-state index contributed by atoms with van der Waals surface area (Å²) in [6.07, 6.45) is 2.34. The number of hydrogen-bond acceptors (Lipinski definition) is 4. The van der Waals surface area contributed by atoms with Gasteiger partial charge in [-0.3, -0.25) is 4.90 Å². The summed E-state index contributed by atoms with van der Waals surface area (Å²) in [5.74, 6) is 0.283. The topological polar surface area (TPSA) is 56.8 Å². The van der Waals surface area contributed by atoms with Gasteiger partial charge in [-0.25, -0.2) is 4.79 Å². The Morgan fingerprint density at radius 1 is 1.53 bits per heavy atom. The predicted octanol–water partition coefficient (Wildman–Crippen LogP) is 0.914. The quantitative estimate of drug-likeness (QED) is 0.770. The number of piperidine rings is 1. The van der Waals surface area contributed by atoms with Gasteiger partial charge in [0, 0.05) is 24.3 Å². The zero-order valence-corrected chi connectivity index (χ0v) is 10.7. The summed E-state index contributed by atoms with van der Waals surface area (Å²) in [6.45, 7) is 4.59. The van der Waals surface area contributed by atoms with Gasteiger partial charge < -0.3 is 10.5 Å². The first kappa shape index (κ1) is 11.0. The van der Waals surface area contributed by atoms with E-state index < -0.39 is 0 Å². The van der Waals surface area contributed by atoms with E-state index in [-0.39, 0.29) is 5.97 Å². The van der Waals surface area contributed by atoms with Gasteiger partial charge in [0.15, 0.2) is 5.00 Å². The summed E-state index contributed by atoms with van der Waals surface area (Å²) in [7, 11) is 0. The maximum absolute atomic E-state index is 12.0. The fraction of sp³-hybridized carbons (Fsp3) is 0.583. The van der Waals surface area contributed by atoms with Crippen LogP contribution >= 0.6 is 11.3 Å². The SMILES string of the molecule is CCOC(=O)c1c(N)sc2c1C1CC[NH+]2CC1. The van der Waals surface area contributed by atoms with Gasteiger partial charge in [-0.15, -0.1) is 0 Å². The van der Waals surface area contributed by atoms with Gasteiger partial charge in [0.2, 0.25) is 0 Å². The molecule has 2 bridgehead atoms. The molecule has 0 amide bonds. The number of anilines is 1. The monoisotopic (exact) mass is 253 g/mol. The molecule has 92 valence electrons. The smallest absolute Gasteiger partial charge is 0.341 e. The molecule has 0 aromatic carbocycles. The summed E-state index contributed by atoms with van der Waals surface area (Å²) in [6, 6.07) is 0. The van der Waals surface area contributed by atoms with Crippen molar-refractivity contribution in [3.05, 3.63) is 11.1 Å². The molecule has 3 aliphatic heterocycles. The van der Waals surface area contributed by atoms with Gasteiger partial charge in [0.25, 0.3) is 0 Å². The molecule has 0 atom stereocenters. The number of thiophene rings is 1. The molecule has 1 aromatic rings. The van der Waals surface area contributed by atoms with Crippen molar-refractivity contribution in [2.45, 2.75) is 25.7 Å². The Labute approximate surface area is 104 Å². The molecule has 4 heterocycles. The molecule has 1 fully saturated rings. The average molecular weight is 253 g/mol. The number of carbonyl (C=O) groups excluding carboxylic acids is 1. The van der Waals surface area contributed by atoms with E-state index in [9.17, 15) is 4.79 Å². The fourth-order valence-electron chi connectivity index (χ4n) is 3.01. The Balaban J connectivity index is 2.08. The number of ether oxygens (including phenoxy) is 1. The lowest BCUT2D eigenvalue weighted by molar-refractivity contribution is -0.841. The minimum atomic E-state index is -0.240. The Morgan fingerprint density at radius 2 is 2.24 bits per heavy atom. The van der Waals surface area contributed by atoms with E-state index in [0.717, 1.165) is 0 Å². The number of quaternary nitrogens is 1. The third-order valence-electron chi connectivity index (χ3n) is 3.77. The average Bonchev–Trinajstić information content (AvgIpc) is 2.69. The summed E-state index contributed by atoms with van der Waals surface area (Å²) >= 11 is 1.57. The van der Waals surface area contributed by atoms with Crippen molar-refractivity contribution in [2.24, 2.45) is 0 Å². The maximum Gasteiger partial charge on any atom is 0.341 e. The normalized spacial score (nSPS) is 25.7. The van der Waals surface area contributed by atoms with Gasteiger partial charge in [-0.1, -0.05) is 11.3 Å². The van der Waals surface area contributed by atoms with Crippen LogP contribution in [0.3, 0.4) is 0 Å². The van der Waals surface area contributed by atoms with Crippen molar-refractivity contribution in [3.63, 3.8) is 0 Å². The van der Waals surface area contributed by atoms with Crippen LogP contribution in [0.4, 0.5) is 10.0 Å². The molecule has 0 unspecified atom stereocenters. The standard InChI is InChI=1S/C12H16N2O2S/c1-2-16-12(15)9-8-7-3-5-14(6-4-7)11(8)17-10(9)13/h7H,2-6,13H2,1H3/p+1. The summed E-state index contributed by atoms with van der Waals surface area (Å²) < 4.78 is 5.12. The highest BCUT2D eigenvalue weighted by molar-refractivity contribution is 7.19. The van der Waals surface area contributed by atoms with Crippen LogP contribution in [0, 0.1) is 0 Å². The summed E-state index contributed by atoms with van der Waals surface area (Å²) in [5, 5.41) is 1.92. The van der Waals surface area contributed by atoms with E-state index in [1.807, 2.05) is 6.92 Å². The lowest BCUT2D eigenvalue weighted by Crippen LogP contribution is -3.09. The van der Waals surface area contributed by atoms with Crippen LogP contribution in [-0.4, -0.2) is 25.7 Å². The van der Waals surface area contributed by atoms with Crippen LogP contribution in [0.5, 0.6) is 0 Å². The van der Waals surface area contributed by atoms with Gasteiger partial charge >= 0.3 is 5.97 Å². The second-order valence-corrected chi connectivity index (χ2v) is 5.73. The number of hydrogen-bond donors (Lipinski definition) is 2. The first-order chi connectivity index (χ1) is 8.22. The van der Waals surface area contributed by atoms with E-state index in [1.165, 1.54) is 41.4 Å². The van der Waals surface area contributed by atoms with E-state index in [0.29, 0.717) is 23.1 Å². The number of carbonyl (C=O) groups is 1. The highest BCUT2D eigenvalue weighted by Crippen LogP contribution is 2.44. The van der Waals surface area contributed by atoms with Crippen molar-refractivity contribution >= 4 is 27.3 Å². The van der Waals surface area contributed by atoms with Crippen molar-refractivity contribution in [3.8, 4) is 0 Å². The van der Waals surface area contributed by atoms with Gasteiger partial charge in [-0.05, 0) is 6.92 Å². The van der Waals surface area contributed by atoms with Crippen molar-refractivity contribution in [2.75, 3.05) is 25.4 Å². The van der Waals surface area contributed by atoms with Gasteiger partial charge in [0.1, 0.15) is 10.6 Å². The molecule has 0 radical (unpaired) electrons. The summed E-state index contributed by atoms with van der Waals surface area (Å²) in [4.78, 5) is 13.5. The molecular formula is C12H17N2O2S+. The Kier molecular flexibility index (Phi) is 2.60. The fourth-order valence-corrected chi connectivity index (χ4v) is 4.25. The van der Waals surface area contributed by atoms with Crippen LogP contribution in [0.2, 0.25) is 0 Å². The molecule has 0 aliphatic carbocycles. The molecule has 3 aliphatic rings. The molecule has 1 saturated heterocycles. The molecule has 5 heteroatoms. The van der Waals surface area contributed by atoms with Crippen LogP contribution < -0.4 is 10.6 Å². The predicted molar refractivity (Wildman–Crippen MR) is 67.0 cm³/mol. The first-order valence-corrected chi connectivity index (χ1v) is 6.98. The maximum atomic E-state index is 12.0. The molecule has 17 heavy (non-hydrogen) atoms. The highest BCUT2D eigenvalue weighted by Gasteiger charge is 2.41. The van der Waals surface area contributed by atoms with E-state index in [2.05, 4.69) is 0 Å². The molecule has 4 rings (SSSR count). The van der Waals surface area contributed by atoms with Crippen molar-refractivity contribution < 1.29 is 14.4 Å². The van der Waals surface area contributed by atoms with E-state index in [1.54, 1.807) is 11.3 Å². The number of esters is 1. The minimum absolute atomic E-state index is 0.240. The second kappa shape index (κ2) is 3.99. The van der Waals surface area contributed by atoms with Crippen LogP contribution in [0.1, 0.15) is 41.6 Å². The number of fused-ring (bicyclic) bond motifs is 2. The zero-order chi connectivity index (χ0) is 12.0. The van der Waals surface area contributed by atoms with Gasteiger partial charge in [0.05, 0.1) is 19.7 Å². The third kappa shape index (κ3) is 1.57. The number of nitrogens with two attached hydrogens (primary N) is 1. The lowest BCUT2D eigenvalue weighted by atomic mass is 9.84. The van der Waals surface area contributed by atoms with E-state index in [4.69, 9.17) is 10.5 Å². The molecule has 0 spiro atoms. The highest BCUT2D eigenvalue weighted by atomic mass is 32.1. The van der Waals surface area contributed by atoms with Crippen LogP contribution in [0.15, 0.2) is 0 Å². The van der Waals surface area contributed by atoms with Crippen molar-refractivity contribution in [1.29, 1.82) is 0 Å². The summed E-state index contributed by atoms with van der Waals surface area (Å²) in [5.41, 5.74) is 7.86. The Hall–Kier alpha value is -1.07. The van der Waals surface area contributed by atoms with Crippen LogP contribution in [-0.2, 0) is 4.74 Å². The molecule has 1 aromatic heterocycles. The second-order valence-electron chi connectivity index (χ2n) is 4.68. The van der Waals surface area contributed by atoms with Crippen molar-refractivity contribution in [1.82, 2.24) is 0 Å². The number of rotatable bonds is 2. The van der Waals surface area contributed by atoms with Gasteiger partial charge in [-0.2, -0.15) is 0 Å². The molecular weight excluding hydrogens is 236 g/mol. The molecule has 0 saturated carbocycles. The zero-order valence-electron chi connectivity index (χ0n) is 9.91. The first-order valence-electron chi connectivity index (χ1n) is 6.16. The number of nitrogens with one attached hydrogen (secondary N) is 1.